The molecule has 1 amide bonds. The Bertz CT molecular complexity index is 1340. The summed E-state index contributed by atoms with van der Waals surface area (Å²) < 4.78 is 19.0. The predicted molar refractivity (Wildman–Crippen MR) is 142 cm³/mol. The van der Waals surface area contributed by atoms with Crippen molar-refractivity contribution in [3.63, 3.8) is 0 Å². The lowest BCUT2D eigenvalue weighted by molar-refractivity contribution is -0.122. The number of aromatic nitrogens is 1. The summed E-state index contributed by atoms with van der Waals surface area (Å²) in [5, 5.41) is 14.7. The van der Waals surface area contributed by atoms with Crippen LogP contribution < -0.4 is 10.1 Å². The second kappa shape index (κ2) is 11.2. The highest BCUT2D eigenvalue weighted by Crippen LogP contribution is 2.34. The van der Waals surface area contributed by atoms with Crippen molar-refractivity contribution in [2.45, 2.75) is 43.9 Å². The maximum absolute atomic E-state index is 13.2. The monoisotopic (exact) mass is 518 g/mol. The molecule has 5 nitrogen and oxygen atoms in total. The van der Waals surface area contributed by atoms with E-state index in [1.165, 1.54) is 12.1 Å². The summed E-state index contributed by atoms with van der Waals surface area (Å²) in [5.41, 5.74) is 4.18. The summed E-state index contributed by atoms with van der Waals surface area (Å²) in [7, 11) is 0. The highest BCUT2D eigenvalue weighted by atomic mass is 35.5. The van der Waals surface area contributed by atoms with Crippen LogP contribution in [0.15, 0.2) is 85.1 Å². The molecule has 7 heteroatoms. The molecule has 1 aliphatic carbocycles. The molecular formula is C30H28ClFN2O3. The normalized spacial score (nSPS) is 14.7. The van der Waals surface area contributed by atoms with Crippen LogP contribution in [-0.2, 0) is 17.6 Å². The summed E-state index contributed by atoms with van der Waals surface area (Å²) in [6.07, 6.45) is 3.69. The van der Waals surface area contributed by atoms with Crippen molar-refractivity contribution in [3.05, 3.63) is 113 Å². The fraction of sp³-hybridized carbons (Fsp3) is 0.233. The minimum absolute atomic E-state index is 0.159. The van der Waals surface area contributed by atoms with Gasteiger partial charge in [-0.25, -0.2) is 4.39 Å². The lowest BCUT2D eigenvalue weighted by atomic mass is 9.97. The first-order valence-electron chi connectivity index (χ1n) is 12.4. The third-order valence-electron chi connectivity index (χ3n) is 6.44. The average Bonchev–Trinajstić information content (AvgIpc) is 3.57. The van der Waals surface area contributed by atoms with Crippen molar-refractivity contribution in [2.75, 3.05) is 0 Å². The predicted octanol–water partition coefficient (Wildman–Crippen LogP) is 6.02. The van der Waals surface area contributed by atoms with Crippen molar-refractivity contribution in [3.8, 4) is 16.9 Å². The maximum Gasteiger partial charge on any atom is 0.224 e. The van der Waals surface area contributed by atoms with E-state index in [2.05, 4.69) is 10.3 Å². The van der Waals surface area contributed by atoms with E-state index in [0.717, 1.165) is 35.2 Å². The van der Waals surface area contributed by atoms with Crippen molar-refractivity contribution in [2.24, 2.45) is 0 Å². The number of rotatable bonds is 10. The quantitative estimate of drug-likeness (QED) is 0.240. The Balaban J connectivity index is 1.27. The van der Waals surface area contributed by atoms with Crippen LogP contribution in [0, 0.1) is 5.82 Å². The molecule has 0 saturated heterocycles. The maximum atomic E-state index is 13.2. The number of ether oxygens (including phenoxy) is 1. The summed E-state index contributed by atoms with van der Waals surface area (Å²) >= 11 is 6.42. The Morgan fingerprint density at radius 2 is 1.76 bits per heavy atom. The number of hydrogen-bond donors (Lipinski definition) is 3. The number of H-pyrrole nitrogens is 1. The molecule has 0 radical (unpaired) electrons. The van der Waals surface area contributed by atoms with Crippen LogP contribution in [0.4, 0.5) is 4.39 Å². The van der Waals surface area contributed by atoms with Gasteiger partial charge in [0.1, 0.15) is 11.6 Å². The van der Waals surface area contributed by atoms with Crippen molar-refractivity contribution in [1.82, 2.24) is 10.3 Å². The molecule has 4 aromatic rings. The van der Waals surface area contributed by atoms with E-state index in [1.54, 1.807) is 30.3 Å². The molecule has 37 heavy (non-hydrogen) atoms. The molecule has 2 atom stereocenters. The van der Waals surface area contributed by atoms with Gasteiger partial charge >= 0.3 is 0 Å². The number of aliphatic hydroxyl groups excluding tert-OH is 1. The standard InChI is InChI=1S/C30H28ClFN2O3/c31-26-17-22(9-14-28(26)37-25-12-13-25)30(36)27(18-24-2-1-15-33-24)34-29(35)16-19-3-5-20(6-4-19)21-7-10-23(32)11-8-21/h1-11,14-15,17,25,27,30,33,36H,12-13,16,18H2,(H,34,35)/t27-,30-/m1/s1. The molecule has 1 fully saturated rings. The van der Waals surface area contributed by atoms with Crippen LogP contribution in [0.5, 0.6) is 5.75 Å². The Labute approximate surface area is 220 Å². The largest absolute Gasteiger partial charge is 0.489 e. The molecule has 3 N–H and O–H groups in total. The highest BCUT2D eigenvalue weighted by Gasteiger charge is 2.27. The first kappa shape index (κ1) is 25.1. The second-order valence-electron chi connectivity index (χ2n) is 9.41. The van der Waals surface area contributed by atoms with Crippen LogP contribution >= 0.6 is 11.6 Å². The van der Waals surface area contributed by atoms with E-state index in [9.17, 15) is 14.3 Å². The zero-order chi connectivity index (χ0) is 25.8. The number of hydrogen-bond acceptors (Lipinski definition) is 3. The lowest BCUT2D eigenvalue weighted by Gasteiger charge is -2.25. The van der Waals surface area contributed by atoms with Gasteiger partial charge in [-0.1, -0.05) is 54.1 Å². The van der Waals surface area contributed by atoms with Crippen LogP contribution in [0.1, 0.15) is 35.8 Å². The van der Waals surface area contributed by atoms with Crippen molar-refractivity contribution >= 4 is 17.5 Å². The van der Waals surface area contributed by atoms with Gasteiger partial charge in [0, 0.05) is 18.3 Å². The Morgan fingerprint density at radius 1 is 1.05 bits per heavy atom. The molecular weight excluding hydrogens is 491 g/mol. The number of carbonyl (C=O) groups is 1. The second-order valence-corrected chi connectivity index (χ2v) is 9.81. The third kappa shape index (κ3) is 6.59. The fourth-order valence-electron chi connectivity index (χ4n) is 4.27. The molecule has 1 aromatic heterocycles. The van der Waals surface area contributed by atoms with Gasteiger partial charge in [0.2, 0.25) is 5.91 Å². The summed E-state index contributed by atoms with van der Waals surface area (Å²) in [5.74, 6) is 0.122. The molecule has 1 heterocycles. The molecule has 1 saturated carbocycles. The van der Waals surface area contributed by atoms with E-state index >= 15 is 0 Å². The Kier molecular flexibility index (Phi) is 7.58. The van der Waals surface area contributed by atoms with E-state index in [0.29, 0.717) is 22.8 Å². The molecule has 1 aliphatic rings. The van der Waals surface area contributed by atoms with E-state index in [1.807, 2.05) is 42.6 Å². The summed E-state index contributed by atoms with van der Waals surface area (Å²) in [6.45, 7) is 0. The molecule has 190 valence electrons. The molecule has 3 aromatic carbocycles. The molecule has 0 bridgehead atoms. The van der Waals surface area contributed by atoms with Gasteiger partial charge in [0.15, 0.2) is 0 Å². The van der Waals surface area contributed by atoms with Gasteiger partial charge in [-0.2, -0.15) is 0 Å². The number of benzene rings is 3. The van der Waals surface area contributed by atoms with Gasteiger partial charge in [0.05, 0.1) is 29.7 Å². The SMILES string of the molecule is O=C(Cc1ccc(-c2ccc(F)cc2)cc1)N[C@H](Cc1ccc[nH]1)[C@H](O)c1ccc(OC2CC2)c(Cl)c1. The minimum Gasteiger partial charge on any atom is -0.489 e. The van der Waals surface area contributed by atoms with Gasteiger partial charge in [0.25, 0.3) is 0 Å². The van der Waals surface area contributed by atoms with Gasteiger partial charge in [-0.3, -0.25) is 4.79 Å². The van der Waals surface area contributed by atoms with Crippen molar-refractivity contribution in [1.29, 1.82) is 0 Å². The van der Waals surface area contributed by atoms with Gasteiger partial charge in [-0.15, -0.1) is 0 Å². The topological polar surface area (TPSA) is 74.4 Å². The van der Waals surface area contributed by atoms with E-state index in [-0.39, 0.29) is 24.2 Å². The number of amides is 1. The highest BCUT2D eigenvalue weighted by molar-refractivity contribution is 6.32. The van der Waals surface area contributed by atoms with Crippen LogP contribution in [0.3, 0.4) is 0 Å². The van der Waals surface area contributed by atoms with Crippen molar-refractivity contribution < 1.29 is 19.0 Å². The summed E-state index contributed by atoms with van der Waals surface area (Å²) in [6, 6.07) is 22.4. The fourth-order valence-corrected chi connectivity index (χ4v) is 4.50. The zero-order valence-electron chi connectivity index (χ0n) is 20.2. The number of aliphatic hydroxyl groups is 1. The number of nitrogens with one attached hydrogen (secondary N) is 2. The first-order chi connectivity index (χ1) is 17.9. The molecule has 0 aliphatic heterocycles. The molecule has 5 rings (SSSR count). The number of aromatic amines is 1. The Hall–Kier alpha value is -3.61. The number of halogens is 2. The smallest absolute Gasteiger partial charge is 0.224 e. The third-order valence-corrected chi connectivity index (χ3v) is 6.74. The van der Waals surface area contributed by atoms with E-state index in [4.69, 9.17) is 16.3 Å². The first-order valence-corrected chi connectivity index (χ1v) is 12.7. The molecule has 0 spiro atoms. The molecule has 0 unspecified atom stereocenters. The van der Waals surface area contributed by atoms with Crippen LogP contribution in [0.25, 0.3) is 11.1 Å². The summed E-state index contributed by atoms with van der Waals surface area (Å²) in [4.78, 5) is 16.1. The number of carbonyl (C=O) groups excluding carboxylic acids is 1. The van der Waals surface area contributed by atoms with Gasteiger partial charge < -0.3 is 20.1 Å². The zero-order valence-corrected chi connectivity index (χ0v) is 20.9. The van der Waals surface area contributed by atoms with Gasteiger partial charge in [-0.05, 0) is 71.5 Å². The van der Waals surface area contributed by atoms with Crippen LogP contribution in [0.2, 0.25) is 5.02 Å². The van der Waals surface area contributed by atoms with Crippen LogP contribution in [-0.4, -0.2) is 28.1 Å². The minimum atomic E-state index is -0.972. The Morgan fingerprint density at radius 3 is 2.38 bits per heavy atom. The average molecular weight is 519 g/mol. The lowest BCUT2D eigenvalue weighted by Crippen LogP contribution is -2.41. The van der Waals surface area contributed by atoms with E-state index < -0.39 is 12.1 Å².